The molecule has 1 aromatic heterocycles. The third-order valence-electron chi connectivity index (χ3n) is 4.69. The summed E-state index contributed by atoms with van der Waals surface area (Å²) in [4.78, 5) is 5.99. The van der Waals surface area contributed by atoms with E-state index >= 15 is 0 Å². The van der Waals surface area contributed by atoms with Gasteiger partial charge >= 0.3 is 0 Å². The van der Waals surface area contributed by atoms with Gasteiger partial charge in [-0.2, -0.15) is 0 Å². The van der Waals surface area contributed by atoms with Gasteiger partial charge in [-0.15, -0.1) is 0 Å². The largest absolute Gasteiger partial charge is 0.384 e. The molecule has 2 aromatic carbocycles. The third kappa shape index (κ3) is 3.61. The van der Waals surface area contributed by atoms with Crippen molar-refractivity contribution < 1.29 is 0 Å². The summed E-state index contributed by atoms with van der Waals surface area (Å²) in [6.45, 7) is 3.81. The number of anilines is 1. The van der Waals surface area contributed by atoms with E-state index in [0.717, 1.165) is 43.3 Å². The van der Waals surface area contributed by atoms with E-state index in [9.17, 15) is 0 Å². The molecule has 0 bridgehead atoms. The highest BCUT2D eigenvalue weighted by molar-refractivity contribution is 6.42. The van der Waals surface area contributed by atoms with Gasteiger partial charge in [0.15, 0.2) is 0 Å². The van der Waals surface area contributed by atoms with Crippen LogP contribution in [0.15, 0.2) is 36.4 Å². The van der Waals surface area contributed by atoms with Crippen LogP contribution in [0.25, 0.3) is 10.9 Å². The maximum Gasteiger partial charge on any atom is 0.0612 e. The van der Waals surface area contributed by atoms with Gasteiger partial charge in [-0.25, -0.2) is 0 Å². The second-order valence-corrected chi connectivity index (χ2v) is 7.60. The number of benzene rings is 2. The number of halogens is 3. The zero-order chi connectivity index (χ0) is 17.4. The second-order valence-electron chi connectivity index (χ2n) is 6.35. The molecule has 0 fully saturated rings. The molecule has 0 unspecified atom stereocenters. The van der Waals surface area contributed by atoms with E-state index in [1.165, 1.54) is 22.2 Å². The average molecular weight is 395 g/mol. The van der Waals surface area contributed by atoms with Crippen molar-refractivity contribution in [3.8, 4) is 0 Å². The SMILES string of the molecule is Clc1ccc2[nH]c3c(c2c1)CCN(CCNc1ccc(Cl)c(Cl)c1)C3. The Morgan fingerprint density at radius 2 is 1.92 bits per heavy atom. The topological polar surface area (TPSA) is 31.1 Å². The smallest absolute Gasteiger partial charge is 0.0612 e. The fourth-order valence-corrected chi connectivity index (χ4v) is 3.89. The van der Waals surface area contributed by atoms with Crippen LogP contribution in [-0.2, 0) is 13.0 Å². The third-order valence-corrected chi connectivity index (χ3v) is 5.67. The molecule has 1 aliphatic rings. The number of H-pyrrole nitrogens is 1. The summed E-state index contributed by atoms with van der Waals surface area (Å²) in [7, 11) is 0. The standard InChI is InChI=1S/C19H18Cl3N3/c20-12-1-4-18-15(9-12)14-5-7-25(11-19(14)24-18)8-6-23-13-2-3-16(21)17(22)10-13/h1-4,9-10,23-24H,5-8,11H2. The second kappa shape index (κ2) is 7.08. The molecule has 130 valence electrons. The van der Waals surface area contributed by atoms with Crippen LogP contribution in [0.3, 0.4) is 0 Å². The van der Waals surface area contributed by atoms with Crippen LogP contribution in [0, 0.1) is 0 Å². The van der Waals surface area contributed by atoms with Gasteiger partial charge in [-0.3, -0.25) is 4.90 Å². The van der Waals surface area contributed by atoms with Gasteiger partial charge in [0, 0.05) is 53.5 Å². The molecule has 4 rings (SSSR count). The first kappa shape index (κ1) is 17.0. The summed E-state index contributed by atoms with van der Waals surface area (Å²) in [5.41, 5.74) is 4.88. The van der Waals surface area contributed by atoms with Gasteiger partial charge in [0.1, 0.15) is 0 Å². The number of rotatable bonds is 4. The zero-order valence-corrected chi connectivity index (χ0v) is 15.8. The van der Waals surface area contributed by atoms with E-state index < -0.39 is 0 Å². The summed E-state index contributed by atoms with van der Waals surface area (Å²) in [5, 5.41) is 6.61. The van der Waals surface area contributed by atoms with Gasteiger partial charge in [0.25, 0.3) is 0 Å². The van der Waals surface area contributed by atoms with Crippen molar-refractivity contribution in [1.29, 1.82) is 0 Å². The highest BCUT2D eigenvalue weighted by Gasteiger charge is 2.20. The van der Waals surface area contributed by atoms with Gasteiger partial charge in [0.05, 0.1) is 10.0 Å². The molecule has 3 nitrogen and oxygen atoms in total. The lowest BCUT2D eigenvalue weighted by Gasteiger charge is -2.27. The predicted octanol–water partition coefficient (Wildman–Crippen LogP) is 5.60. The highest BCUT2D eigenvalue weighted by Crippen LogP contribution is 2.29. The van der Waals surface area contributed by atoms with E-state index in [1.807, 2.05) is 24.3 Å². The molecule has 0 saturated carbocycles. The number of hydrogen-bond donors (Lipinski definition) is 2. The molecule has 6 heteroatoms. The van der Waals surface area contributed by atoms with Crippen molar-refractivity contribution in [2.24, 2.45) is 0 Å². The Morgan fingerprint density at radius 3 is 2.76 bits per heavy atom. The molecule has 2 heterocycles. The van der Waals surface area contributed by atoms with Crippen molar-refractivity contribution in [2.45, 2.75) is 13.0 Å². The number of hydrogen-bond acceptors (Lipinski definition) is 2. The van der Waals surface area contributed by atoms with Crippen LogP contribution in [0.4, 0.5) is 5.69 Å². The number of aromatic amines is 1. The first-order valence-electron chi connectivity index (χ1n) is 8.30. The number of aromatic nitrogens is 1. The minimum absolute atomic E-state index is 0.575. The van der Waals surface area contributed by atoms with Crippen LogP contribution < -0.4 is 5.32 Å². The predicted molar refractivity (Wildman–Crippen MR) is 107 cm³/mol. The lowest BCUT2D eigenvalue weighted by molar-refractivity contribution is 0.262. The first-order chi connectivity index (χ1) is 12.1. The van der Waals surface area contributed by atoms with E-state index in [4.69, 9.17) is 34.8 Å². The molecule has 3 aromatic rings. The highest BCUT2D eigenvalue weighted by atomic mass is 35.5. The Hall–Kier alpha value is -1.39. The zero-order valence-electron chi connectivity index (χ0n) is 13.6. The molecular weight excluding hydrogens is 377 g/mol. The maximum atomic E-state index is 6.14. The summed E-state index contributed by atoms with van der Waals surface area (Å²) in [6, 6.07) is 11.7. The molecule has 0 atom stereocenters. The fraction of sp³-hybridized carbons (Fsp3) is 0.263. The van der Waals surface area contributed by atoms with Crippen molar-refractivity contribution in [3.63, 3.8) is 0 Å². The Kier molecular flexibility index (Phi) is 4.83. The van der Waals surface area contributed by atoms with Crippen LogP contribution in [0.1, 0.15) is 11.3 Å². The Labute approximate surface area is 161 Å². The van der Waals surface area contributed by atoms with Gasteiger partial charge in [-0.05, 0) is 48.4 Å². The molecule has 0 aliphatic carbocycles. The van der Waals surface area contributed by atoms with Crippen LogP contribution in [0.2, 0.25) is 15.1 Å². The number of nitrogens with one attached hydrogen (secondary N) is 2. The van der Waals surface area contributed by atoms with Gasteiger partial charge < -0.3 is 10.3 Å². The van der Waals surface area contributed by atoms with E-state index in [0.29, 0.717) is 10.0 Å². The Morgan fingerprint density at radius 1 is 1.04 bits per heavy atom. The Bertz CT molecular complexity index is 920. The van der Waals surface area contributed by atoms with Crippen LogP contribution >= 0.6 is 34.8 Å². The van der Waals surface area contributed by atoms with Crippen LogP contribution in [0.5, 0.6) is 0 Å². The fourth-order valence-electron chi connectivity index (χ4n) is 3.42. The van der Waals surface area contributed by atoms with Gasteiger partial charge in [0.2, 0.25) is 0 Å². The van der Waals surface area contributed by atoms with Crippen molar-refractivity contribution in [1.82, 2.24) is 9.88 Å². The normalized spacial score (nSPS) is 14.7. The maximum absolute atomic E-state index is 6.14. The summed E-state index contributed by atoms with van der Waals surface area (Å²) in [5.74, 6) is 0. The summed E-state index contributed by atoms with van der Waals surface area (Å²) in [6.07, 6.45) is 1.04. The lowest BCUT2D eigenvalue weighted by Crippen LogP contribution is -2.34. The molecular formula is C19H18Cl3N3. The molecule has 25 heavy (non-hydrogen) atoms. The average Bonchev–Trinajstić information content (AvgIpc) is 2.95. The molecule has 0 radical (unpaired) electrons. The van der Waals surface area contributed by atoms with Crippen molar-refractivity contribution in [3.05, 3.63) is 62.7 Å². The number of fused-ring (bicyclic) bond motifs is 3. The molecule has 0 saturated heterocycles. The quantitative estimate of drug-likeness (QED) is 0.603. The Balaban J connectivity index is 1.39. The van der Waals surface area contributed by atoms with Crippen molar-refractivity contribution >= 4 is 51.4 Å². The van der Waals surface area contributed by atoms with E-state index in [2.05, 4.69) is 27.3 Å². The lowest BCUT2D eigenvalue weighted by atomic mass is 10.0. The monoisotopic (exact) mass is 393 g/mol. The minimum atomic E-state index is 0.575. The minimum Gasteiger partial charge on any atom is -0.384 e. The molecule has 0 amide bonds. The van der Waals surface area contributed by atoms with Crippen LogP contribution in [-0.4, -0.2) is 29.5 Å². The summed E-state index contributed by atoms with van der Waals surface area (Å²) < 4.78 is 0. The molecule has 2 N–H and O–H groups in total. The van der Waals surface area contributed by atoms with Crippen molar-refractivity contribution in [2.75, 3.05) is 25.0 Å². The molecule has 0 spiro atoms. The van der Waals surface area contributed by atoms with Gasteiger partial charge in [-0.1, -0.05) is 34.8 Å². The summed E-state index contributed by atoms with van der Waals surface area (Å²) >= 11 is 18.1. The molecule has 1 aliphatic heterocycles. The van der Waals surface area contributed by atoms with E-state index in [1.54, 1.807) is 0 Å². The number of nitrogens with zero attached hydrogens (tertiary/aromatic N) is 1. The van der Waals surface area contributed by atoms with E-state index in [-0.39, 0.29) is 0 Å². The first-order valence-corrected chi connectivity index (χ1v) is 9.44.